The monoisotopic (exact) mass is 320 g/mol. The van der Waals surface area contributed by atoms with Crippen LogP contribution in [0, 0.1) is 10.1 Å². The second-order valence-corrected chi connectivity index (χ2v) is 5.42. The van der Waals surface area contributed by atoms with Crippen LogP contribution in [-0.2, 0) is 7.05 Å². The first-order valence-electron chi connectivity index (χ1n) is 7.22. The van der Waals surface area contributed by atoms with E-state index in [0.29, 0.717) is 11.3 Å². The highest BCUT2D eigenvalue weighted by Crippen LogP contribution is 2.24. The van der Waals surface area contributed by atoms with Crippen LogP contribution in [0.4, 0.5) is 11.6 Å². The van der Waals surface area contributed by atoms with Crippen LogP contribution in [0.5, 0.6) is 5.75 Å². The molecular formula is C15H20N4O4. The summed E-state index contributed by atoms with van der Waals surface area (Å²) in [5.74, 6) is 0.656. The van der Waals surface area contributed by atoms with Gasteiger partial charge in [0.2, 0.25) is 12.1 Å². The second-order valence-electron chi connectivity index (χ2n) is 5.42. The number of imidazole rings is 1. The smallest absolute Gasteiger partial charge is 0.406 e. The summed E-state index contributed by atoms with van der Waals surface area (Å²) in [4.78, 5) is 14.1. The van der Waals surface area contributed by atoms with Crippen molar-refractivity contribution < 1.29 is 14.8 Å². The molecule has 8 heteroatoms. The number of aliphatic hydroxyl groups is 1. The van der Waals surface area contributed by atoms with E-state index < -0.39 is 11.0 Å². The molecule has 0 saturated heterocycles. The zero-order valence-corrected chi connectivity index (χ0v) is 13.3. The van der Waals surface area contributed by atoms with Crippen LogP contribution in [0.2, 0.25) is 0 Å². The molecule has 0 bridgehead atoms. The average Bonchev–Trinajstić information content (AvgIpc) is 2.85. The second kappa shape index (κ2) is 7.10. The van der Waals surface area contributed by atoms with Gasteiger partial charge in [0.25, 0.3) is 0 Å². The number of rotatable bonds is 7. The first kappa shape index (κ1) is 16.8. The molecule has 0 aliphatic carbocycles. The SMILES string of the molecule is CC(C)Oc1cccc([C@H](O)CNc2c([N+](=O)[O-])ncn2C)c1. The maximum absolute atomic E-state index is 10.9. The fourth-order valence-electron chi connectivity index (χ4n) is 2.13. The van der Waals surface area contributed by atoms with Crippen molar-refractivity contribution in [3.63, 3.8) is 0 Å². The molecule has 0 unspecified atom stereocenters. The van der Waals surface area contributed by atoms with Crippen molar-refractivity contribution >= 4 is 11.6 Å². The molecule has 2 rings (SSSR count). The Morgan fingerprint density at radius 3 is 2.87 bits per heavy atom. The highest BCUT2D eigenvalue weighted by molar-refractivity contribution is 5.52. The van der Waals surface area contributed by atoms with Crippen molar-refractivity contribution in [3.05, 3.63) is 46.3 Å². The molecule has 0 amide bonds. The van der Waals surface area contributed by atoms with Crippen molar-refractivity contribution in [2.45, 2.75) is 26.1 Å². The summed E-state index contributed by atoms with van der Waals surface area (Å²) in [7, 11) is 1.64. The Bertz CT molecular complexity index is 684. The molecule has 1 heterocycles. The molecule has 0 spiro atoms. The van der Waals surface area contributed by atoms with Crippen molar-refractivity contribution in [2.24, 2.45) is 7.05 Å². The maximum atomic E-state index is 10.9. The lowest BCUT2D eigenvalue weighted by Gasteiger charge is -2.15. The van der Waals surface area contributed by atoms with Gasteiger partial charge < -0.3 is 25.3 Å². The summed E-state index contributed by atoms with van der Waals surface area (Å²) in [5.41, 5.74) is 0.667. The first-order chi connectivity index (χ1) is 10.9. The number of anilines is 1. The fourth-order valence-corrected chi connectivity index (χ4v) is 2.13. The van der Waals surface area contributed by atoms with Crippen molar-refractivity contribution in [2.75, 3.05) is 11.9 Å². The highest BCUT2D eigenvalue weighted by Gasteiger charge is 2.20. The predicted molar refractivity (Wildman–Crippen MR) is 85.5 cm³/mol. The Balaban J connectivity index is 2.07. The minimum Gasteiger partial charge on any atom is -0.491 e. The molecule has 0 saturated carbocycles. The lowest BCUT2D eigenvalue weighted by Crippen LogP contribution is -2.15. The molecule has 2 N–H and O–H groups in total. The Morgan fingerprint density at radius 2 is 2.22 bits per heavy atom. The number of aliphatic hydroxyl groups excluding tert-OH is 1. The van der Waals surface area contributed by atoms with Gasteiger partial charge in [0.05, 0.1) is 12.2 Å². The molecule has 2 aromatic rings. The first-order valence-corrected chi connectivity index (χ1v) is 7.22. The summed E-state index contributed by atoms with van der Waals surface area (Å²) >= 11 is 0. The lowest BCUT2D eigenvalue weighted by molar-refractivity contribution is -0.388. The van der Waals surface area contributed by atoms with Crippen molar-refractivity contribution in [1.82, 2.24) is 9.55 Å². The van der Waals surface area contributed by atoms with E-state index in [9.17, 15) is 15.2 Å². The Morgan fingerprint density at radius 1 is 1.48 bits per heavy atom. The van der Waals surface area contributed by atoms with Crippen LogP contribution in [0.1, 0.15) is 25.5 Å². The highest BCUT2D eigenvalue weighted by atomic mass is 16.6. The van der Waals surface area contributed by atoms with Crippen LogP contribution >= 0.6 is 0 Å². The number of hydrogen-bond donors (Lipinski definition) is 2. The lowest BCUT2D eigenvalue weighted by atomic mass is 10.1. The number of nitro groups is 1. The van der Waals surface area contributed by atoms with Crippen LogP contribution in [-0.4, -0.2) is 32.2 Å². The summed E-state index contributed by atoms with van der Waals surface area (Å²) in [6, 6.07) is 7.14. The normalized spacial score (nSPS) is 12.2. The standard InChI is InChI=1S/C15H20N4O4/c1-10(2)23-12-6-4-5-11(7-12)13(20)8-16-14-15(19(21)22)17-9-18(14)3/h4-7,9-10,13,16,20H,8H2,1-3H3/t13-/m1/s1. The van der Waals surface area contributed by atoms with E-state index in [2.05, 4.69) is 10.3 Å². The largest absolute Gasteiger partial charge is 0.491 e. The van der Waals surface area contributed by atoms with Crippen molar-refractivity contribution in [3.8, 4) is 5.75 Å². The van der Waals surface area contributed by atoms with Gasteiger partial charge in [-0.3, -0.25) is 4.57 Å². The van der Waals surface area contributed by atoms with Gasteiger partial charge in [0.15, 0.2) is 0 Å². The van der Waals surface area contributed by atoms with E-state index in [1.54, 1.807) is 25.2 Å². The van der Waals surface area contributed by atoms with E-state index >= 15 is 0 Å². The maximum Gasteiger partial charge on any atom is 0.406 e. The number of aromatic nitrogens is 2. The number of nitrogens with one attached hydrogen (secondary N) is 1. The van der Waals surface area contributed by atoms with Gasteiger partial charge in [0.1, 0.15) is 5.75 Å². The Hall–Kier alpha value is -2.61. The molecule has 1 atom stereocenters. The zero-order valence-electron chi connectivity index (χ0n) is 13.3. The van der Waals surface area contributed by atoms with Gasteiger partial charge >= 0.3 is 5.82 Å². The van der Waals surface area contributed by atoms with Crippen LogP contribution in [0.3, 0.4) is 0 Å². The van der Waals surface area contributed by atoms with E-state index in [0.717, 1.165) is 0 Å². The number of benzene rings is 1. The van der Waals surface area contributed by atoms with Gasteiger partial charge in [-0.05, 0) is 41.5 Å². The van der Waals surface area contributed by atoms with E-state index in [1.807, 2.05) is 19.9 Å². The molecule has 0 fully saturated rings. The number of nitrogens with zero attached hydrogens (tertiary/aromatic N) is 3. The van der Waals surface area contributed by atoms with E-state index in [-0.39, 0.29) is 24.3 Å². The number of ether oxygens (including phenoxy) is 1. The Kier molecular flexibility index (Phi) is 5.17. The molecule has 1 aromatic carbocycles. The fraction of sp³-hybridized carbons (Fsp3) is 0.400. The molecular weight excluding hydrogens is 300 g/mol. The minimum atomic E-state index is -0.833. The summed E-state index contributed by atoms with van der Waals surface area (Å²) in [5, 5.41) is 24.1. The summed E-state index contributed by atoms with van der Waals surface area (Å²) in [6.07, 6.45) is 0.557. The van der Waals surface area contributed by atoms with Crippen molar-refractivity contribution in [1.29, 1.82) is 0 Å². The summed E-state index contributed by atoms with van der Waals surface area (Å²) < 4.78 is 7.09. The summed E-state index contributed by atoms with van der Waals surface area (Å²) in [6.45, 7) is 3.96. The minimum absolute atomic E-state index is 0.0395. The van der Waals surface area contributed by atoms with E-state index in [4.69, 9.17) is 4.74 Å². The van der Waals surface area contributed by atoms with Crippen LogP contribution in [0.25, 0.3) is 0 Å². The van der Waals surface area contributed by atoms with Gasteiger partial charge in [0, 0.05) is 13.6 Å². The molecule has 0 aliphatic rings. The number of hydrogen-bond acceptors (Lipinski definition) is 6. The van der Waals surface area contributed by atoms with Gasteiger partial charge in [-0.2, -0.15) is 0 Å². The zero-order chi connectivity index (χ0) is 17.0. The van der Waals surface area contributed by atoms with Crippen LogP contribution < -0.4 is 10.1 Å². The third kappa shape index (κ3) is 4.19. The van der Waals surface area contributed by atoms with Crippen LogP contribution in [0.15, 0.2) is 30.6 Å². The molecule has 0 aliphatic heterocycles. The van der Waals surface area contributed by atoms with Gasteiger partial charge in [-0.1, -0.05) is 12.1 Å². The molecule has 1 aromatic heterocycles. The topological polar surface area (TPSA) is 102 Å². The van der Waals surface area contributed by atoms with Gasteiger partial charge in [-0.25, -0.2) is 0 Å². The molecule has 124 valence electrons. The molecule has 8 nitrogen and oxygen atoms in total. The predicted octanol–water partition coefficient (Wildman–Crippen LogP) is 2.26. The Labute approximate surface area is 133 Å². The third-order valence-electron chi connectivity index (χ3n) is 3.17. The van der Waals surface area contributed by atoms with Gasteiger partial charge in [-0.15, -0.1) is 0 Å². The average molecular weight is 320 g/mol. The molecule has 0 radical (unpaired) electrons. The third-order valence-corrected chi connectivity index (χ3v) is 3.17. The van der Waals surface area contributed by atoms with E-state index in [1.165, 1.54) is 10.9 Å². The number of aryl methyl sites for hydroxylation is 1. The quantitative estimate of drug-likeness (QED) is 0.599. The molecule has 23 heavy (non-hydrogen) atoms.